The predicted octanol–water partition coefficient (Wildman–Crippen LogP) is 3.99. The molecule has 2 fully saturated rings. The SMILES string of the molecule is C=N/C(=C\N(N)[C@@H](c1ccccc1)[C@@H](c1ccccc1)N1CCN(C(=O)OCC2CCC2)CC1)Cn1cnc(=N)c2[nH]cnc21. The maximum Gasteiger partial charge on any atom is 0.409 e. The fraction of sp³-hybridized carbons (Fsp3) is 0.364. The van der Waals surface area contributed by atoms with Crippen LogP contribution in [0.15, 0.2) is 90.2 Å². The van der Waals surface area contributed by atoms with E-state index in [1.54, 1.807) is 17.7 Å². The highest BCUT2D eigenvalue weighted by molar-refractivity contribution is 5.68. The minimum Gasteiger partial charge on any atom is -0.449 e. The molecule has 2 atom stereocenters. The number of imidazole rings is 1. The lowest BCUT2D eigenvalue weighted by Crippen LogP contribution is -2.52. The van der Waals surface area contributed by atoms with Crippen LogP contribution in [0.4, 0.5) is 4.79 Å². The Morgan fingerprint density at radius 2 is 1.78 bits per heavy atom. The molecule has 3 heterocycles. The summed E-state index contributed by atoms with van der Waals surface area (Å²) in [7, 11) is 0. The molecule has 2 aromatic carbocycles. The van der Waals surface area contributed by atoms with E-state index >= 15 is 0 Å². The molecule has 4 N–H and O–H groups in total. The van der Waals surface area contributed by atoms with Crippen molar-refractivity contribution in [2.24, 2.45) is 16.8 Å². The first-order chi connectivity index (χ1) is 22.0. The normalized spacial score (nSPS) is 17.4. The van der Waals surface area contributed by atoms with Gasteiger partial charge in [-0.2, -0.15) is 0 Å². The molecule has 1 saturated carbocycles. The standard InChI is InChI=1S/C33H40N10O2/c1-36-27(19-42-23-39-31(34)28-32(42)38-22-37-28)20-43(35)30(26-13-6-3-7-14-26)29(25-11-4-2-5-12-25)40-15-17-41(18-16-40)33(44)45-21-24-9-8-10-24/h2-7,11-14,20,22-24,29-30,34H,1,8-10,15-19,21,35H2,(H,37,38)/b27-20-,34-31?/t29-,30+/m1/s1. The molecule has 234 valence electrons. The third-order valence-electron chi connectivity index (χ3n) is 8.82. The fourth-order valence-corrected chi connectivity index (χ4v) is 6.13. The Morgan fingerprint density at radius 3 is 2.42 bits per heavy atom. The zero-order valence-corrected chi connectivity index (χ0v) is 25.3. The summed E-state index contributed by atoms with van der Waals surface area (Å²) in [6, 6.07) is 20.1. The topological polar surface area (TPSA) is 145 Å². The van der Waals surface area contributed by atoms with Gasteiger partial charge in [0.1, 0.15) is 5.52 Å². The second-order valence-electron chi connectivity index (χ2n) is 11.7. The number of aromatic amines is 1. The van der Waals surface area contributed by atoms with E-state index in [0.717, 1.165) is 24.0 Å². The van der Waals surface area contributed by atoms with Crippen LogP contribution in [0.5, 0.6) is 0 Å². The number of nitrogens with one attached hydrogen (secondary N) is 2. The van der Waals surface area contributed by atoms with E-state index in [4.69, 9.17) is 16.0 Å². The Bertz CT molecular complexity index is 1670. The first kappa shape index (κ1) is 30.2. The zero-order valence-electron chi connectivity index (χ0n) is 25.3. The number of benzene rings is 2. The van der Waals surface area contributed by atoms with E-state index in [-0.39, 0.29) is 23.7 Å². The molecule has 1 saturated heterocycles. The van der Waals surface area contributed by atoms with Gasteiger partial charge >= 0.3 is 6.09 Å². The third-order valence-corrected chi connectivity index (χ3v) is 8.82. The third kappa shape index (κ3) is 6.81. The molecule has 6 rings (SSSR count). The van der Waals surface area contributed by atoms with Crippen molar-refractivity contribution < 1.29 is 9.53 Å². The minimum atomic E-state index is -0.299. The number of aliphatic imine (C=N–C) groups is 1. The number of carbonyl (C=O) groups excluding carboxylic acids is 1. The van der Waals surface area contributed by atoms with Crippen LogP contribution in [0.3, 0.4) is 0 Å². The Morgan fingerprint density at radius 1 is 1.09 bits per heavy atom. The number of hydrogen-bond donors (Lipinski definition) is 3. The Kier molecular flexibility index (Phi) is 9.32. The number of amides is 1. The van der Waals surface area contributed by atoms with Crippen molar-refractivity contribution in [3.8, 4) is 0 Å². The number of nitrogens with zero attached hydrogens (tertiary/aromatic N) is 7. The number of ether oxygens (including phenoxy) is 1. The number of carbonyl (C=O) groups is 1. The van der Waals surface area contributed by atoms with Crippen molar-refractivity contribution in [3.63, 3.8) is 0 Å². The highest BCUT2D eigenvalue weighted by Crippen LogP contribution is 2.38. The van der Waals surface area contributed by atoms with E-state index in [1.165, 1.54) is 6.42 Å². The van der Waals surface area contributed by atoms with E-state index in [2.05, 4.69) is 55.8 Å². The smallest absolute Gasteiger partial charge is 0.409 e. The first-order valence-corrected chi connectivity index (χ1v) is 15.4. The van der Waals surface area contributed by atoms with Crippen molar-refractivity contribution in [2.45, 2.75) is 37.9 Å². The summed E-state index contributed by atoms with van der Waals surface area (Å²) in [6.45, 7) is 7.14. The molecule has 2 aliphatic rings. The summed E-state index contributed by atoms with van der Waals surface area (Å²) >= 11 is 0. The first-order valence-electron chi connectivity index (χ1n) is 15.4. The lowest BCUT2D eigenvalue weighted by molar-refractivity contribution is 0.0313. The lowest BCUT2D eigenvalue weighted by atomic mass is 9.86. The summed E-state index contributed by atoms with van der Waals surface area (Å²) in [5, 5.41) is 9.78. The number of rotatable bonds is 11. The number of aromatic nitrogens is 4. The highest BCUT2D eigenvalue weighted by atomic mass is 16.6. The number of H-pyrrole nitrogens is 1. The zero-order chi connectivity index (χ0) is 31.2. The van der Waals surface area contributed by atoms with Gasteiger partial charge in [-0.15, -0.1) is 0 Å². The van der Waals surface area contributed by atoms with Crippen molar-refractivity contribution in [1.29, 1.82) is 5.41 Å². The van der Waals surface area contributed by atoms with Gasteiger partial charge in [0.15, 0.2) is 11.1 Å². The fourth-order valence-electron chi connectivity index (χ4n) is 6.13. The van der Waals surface area contributed by atoms with Crippen molar-refractivity contribution in [3.05, 3.63) is 102 Å². The largest absolute Gasteiger partial charge is 0.449 e. The number of fused-ring (bicyclic) bond motifs is 1. The Hall–Kier alpha value is -4.81. The second-order valence-corrected chi connectivity index (χ2v) is 11.7. The molecule has 12 heteroatoms. The van der Waals surface area contributed by atoms with Gasteiger partial charge in [-0.1, -0.05) is 67.1 Å². The monoisotopic (exact) mass is 608 g/mol. The van der Waals surface area contributed by atoms with Crippen LogP contribution < -0.4 is 11.3 Å². The summed E-state index contributed by atoms with van der Waals surface area (Å²) in [4.78, 5) is 32.9. The number of piperazine rings is 1. The summed E-state index contributed by atoms with van der Waals surface area (Å²) in [6.07, 6.45) is 8.23. The summed E-state index contributed by atoms with van der Waals surface area (Å²) < 4.78 is 7.46. The van der Waals surface area contributed by atoms with Crippen LogP contribution in [-0.4, -0.2) is 79.9 Å². The molecule has 0 radical (unpaired) electrons. The molecule has 1 aliphatic heterocycles. The lowest BCUT2D eigenvalue weighted by Gasteiger charge is -2.44. The van der Waals surface area contributed by atoms with Crippen LogP contribution in [0.25, 0.3) is 11.2 Å². The van der Waals surface area contributed by atoms with Gasteiger partial charge in [0.2, 0.25) is 0 Å². The molecule has 45 heavy (non-hydrogen) atoms. The molecule has 12 nitrogen and oxygen atoms in total. The number of allylic oxidation sites excluding steroid dienone is 1. The van der Waals surface area contributed by atoms with Crippen molar-refractivity contribution in [1.82, 2.24) is 34.3 Å². The molecule has 1 aliphatic carbocycles. The molecule has 0 spiro atoms. The van der Waals surface area contributed by atoms with Gasteiger partial charge in [0, 0.05) is 32.4 Å². The van der Waals surface area contributed by atoms with Gasteiger partial charge in [0.25, 0.3) is 0 Å². The summed E-state index contributed by atoms with van der Waals surface area (Å²) in [5.41, 5.74) is 4.03. The molecule has 1 amide bonds. The van der Waals surface area contributed by atoms with Gasteiger partial charge in [-0.05, 0) is 36.6 Å². The van der Waals surface area contributed by atoms with E-state index < -0.39 is 0 Å². The Balaban J connectivity index is 1.28. The minimum absolute atomic E-state index is 0.123. The van der Waals surface area contributed by atoms with E-state index in [0.29, 0.717) is 62.1 Å². The maximum atomic E-state index is 12.8. The summed E-state index contributed by atoms with van der Waals surface area (Å²) in [5.74, 6) is 7.50. The average Bonchev–Trinajstić information content (AvgIpc) is 3.56. The quantitative estimate of drug-likeness (QED) is 0.133. The van der Waals surface area contributed by atoms with Gasteiger partial charge < -0.3 is 24.2 Å². The number of nitrogens with two attached hydrogens (primary N) is 1. The van der Waals surface area contributed by atoms with Crippen molar-refractivity contribution in [2.75, 3.05) is 32.8 Å². The van der Waals surface area contributed by atoms with Crippen LogP contribution in [0, 0.1) is 11.3 Å². The number of hydrogen-bond acceptors (Lipinski definition) is 9. The molecule has 2 aromatic heterocycles. The predicted molar refractivity (Wildman–Crippen MR) is 172 cm³/mol. The van der Waals surface area contributed by atoms with Crippen LogP contribution in [-0.2, 0) is 11.3 Å². The van der Waals surface area contributed by atoms with Crippen LogP contribution >= 0.6 is 0 Å². The molecular formula is C33H40N10O2. The molecular weight excluding hydrogens is 568 g/mol. The van der Waals surface area contributed by atoms with Crippen LogP contribution in [0.2, 0.25) is 0 Å². The number of hydrazine groups is 1. The second kappa shape index (κ2) is 13.9. The van der Waals surface area contributed by atoms with E-state index in [9.17, 15) is 4.79 Å². The molecule has 4 aromatic rings. The van der Waals surface area contributed by atoms with Gasteiger partial charge in [-0.25, -0.2) is 20.6 Å². The van der Waals surface area contributed by atoms with Crippen molar-refractivity contribution >= 4 is 24.0 Å². The van der Waals surface area contributed by atoms with Crippen LogP contribution in [0.1, 0.15) is 42.5 Å². The molecule has 0 unspecified atom stereocenters. The van der Waals surface area contributed by atoms with Gasteiger partial charge in [-0.3, -0.25) is 15.3 Å². The Labute approximate surface area is 262 Å². The van der Waals surface area contributed by atoms with E-state index in [1.807, 2.05) is 52.1 Å². The average molecular weight is 609 g/mol. The highest BCUT2D eigenvalue weighted by Gasteiger charge is 2.36. The van der Waals surface area contributed by atoms with Gasteiger partial charge in [0.05, 0.1) is 43.6 Å². The maximum absolute atomic E-state index is 12.8. The molecule has 0 bridgehead atoms.